The Morgan fingerprint density at radius 3 is 2.14 bits per heavy atom. The van der Waals surface area contributed by atoms with Crippen LogP contribution in [0.2, 0.25) is 0 Å². The van der Waals surface area contributed by atoms with Crippen molar-refractivity contribution in [1.82, 2.24) is 0 Å². The summed E-state index contributed by atoms with van der Waals surface area (Å²) in [5.41, 5.74) is 1.14. The molecule has 21 heavy (non-hydrogen) atoms. The fraction of sp³-hybridized carbons (Fsp3) is 0.0667. The van der Waals surface area contributed by atoms with Gasteiger partial charge in [0, 0.05) is 24.3 Å². The molecule has 2 rings (SSSR count). The monoisotopic (exact) mass is 301 g/mol. The van der Waals surface area contributed by atoms with Crippen molar-refractivity contribution in [3.63, 3.8) is 0 Å². The Hall–Kier alpha value is -2.16. The maximum atomic E-state index is 12.9. The molecular weight excluding hydrogens is 290 g/mol. The van der Waals surface area contributed by atoms with Gasteiger partial charge in [0.1, 0.15) is 17.1 Å². The maximum absolute atomic E-state index is 12.9. The molecule has 105 valence electrons. The molecule has 0 spiro atoms. The first kappa shape index (κ1) is 16.9. The van der Waals surface area contributed by atoms with Crippen molar-refractivity contribution in [2.75, 3.05) is 0 Å². The highest BCUT2D eigenvalue weighted by molar-refractivity contribution is 5.93. The van der Waals surface area contributed by atoms with Crippen molar-refractivity contribution in [1.29, 1.82) is 0 Å². The van der Waals surface area contributed by atoms with Gasteiger partial charge in [-0.3, -0.25) is 4.79 Å². The topological polar surface area (TPSA) is 63.6 Å². The molecule has 0 bridgehead atoms. The molecule has 2 aromatic rings. The van der Waals surface area contributed by atoms with E-state index in [4.69, 9.17) is 9.84 Å². The molecule has 0 fully saturated rings. The van der Waals surface area contributed by atoms with Gasteiger partial charge in [-0.15, -0.1) is 0 Å². The van der Waals surface area contributed by atoms with Crippen molar-refractivity contribution < 1.29 is 23.8 Å². The van der Waals surface area contributed by atoms with Crippen LogP contribution in [0.5, 0.6) is 5.75 Å². The number of rotatable bonds is 3. The molecule has 0 aromatic heterocycles. The van der Waals surface area contributed by atoms with Gasteiger partial charge in [-0.2, -0.15) is 0 Å². The molecule has 0 heterocycles. The van der Waals surface area contributed by atoms with E-state index in [1.54, 1.807) is 18.2 Å². The number of carbonyl (C=O) groups is 2. The lowest BCUT2D eigenvalue weighted by Gasteiger charge is -2.08. The third-order valence-corrected chi connectivity index (χ3v) is 2.64. The first-order valence-corrected chi connectivity index (χ1v) is 5.79. The van der Waals surface area contributed by atoms with E-state index < -0.39 is 11.9 Å². The molecule has 0 aliphatic heterocycles. The van der Waals surface area contributed by atoms with Crippen LogP contribution < -0.4 is 4.74 Å². The van der Waals surface area contributed by atoms with Crippen LogP contribution in [0.15, 0.2) is 42.5 Å². The number of ether oxygens (including phenoxy) is 1. The molecule has 0 aliphatic rings. The van der Waals surface area contributed by atoms with Crippen molar-refractivity contribution in [3.8, 4) is 16.9 Å². The standard InChI is InChI=1S/C15H11FO4.Al/c1-9(17)20-14-7-4-11(8-13(14)15(18)19)10-2-5-12(16)6-3-10;/h2-8H,1H3,(H,18,19);. The van der Waals surface area contributed by atoms with E-state index in [1.807, 2.05) is 0 Å². The van der Waals surface area contributed by atoms with Gasteiger partial charge in [-0.05, 0) is 35.4 Å². The summed E-state index contributed by atoms with van der Waals surface area (Å²) in [4.78, 5) is 22.1. The number of aromatic carboxylic acids is 1. The lowest BCUT2D eigenvalue weighted by Crippen LogP contribution is -2.07. The predicted octanol–water partition coefficient (Wildman–Crippen LogP) is 2.74. The van der Waals surface area contributed by atoms with Crippen molar-refractivity contribution in [2.24, 2.45) is 0 Å². The SMILES string of the molecule is CC(=O)Oc1ccc(-c2ccc(F)cc2)cc1C(=O)O.[Al]. The van der Waals surface area contributed by atoms with E-state index >= 15 is 0 Å². The molecule has 0 saturated heterocycles. The second-order valence-corrected chi connectivity index (χ2v) is 4.12. The zero-order chi connectivity index (χ0) is 14.7. The lowest BCUT2D eigenvalue weighted by molar-refractivity contribution is -0.131. The molecule has 6 heteroatoms. The molecule has 0 unspecified atom stereocenters. The van der Waals surface area contributed by atoms with Gasteiger partial charge in [0.2, 0.25) is 0 Å². The summed E-state index contributed by atoms with van der Waals surface area (Å²) >= 11 is 0. The average molecular weight is 301 g/mol. The van der Waals surface area contributed by atoms with Crippen LogP contribution in [0.1, 0.15) is 17.3 Å². The number of hydrogen-bond acceptors (Lipinski definition) is 3. The third-order valence-electron chi connectivity index (χ3n) is 2.64. The Morgan fingerprint density at radius 2 is 1.62 bits per heavy atom. The van der Waals surface area contributed by atoms with Crippen molar-refractivity contribution in [2.45, 2.75) is 6.92 Å². The summed E-state index contributed by atoms with van der Waals surface area (Å²) in [5, 5.41) is 9.14. The summed E-state index contributed by atoms with van der Waals surface area (Å²) in [6.07, 6.45) is 0. The molecule has 0 saturated carbocycles. The Bertz CT molecular complexity index is 668. The van der Waals surface area contributed by atoms with E-state index in [-0.39, 0.29) is 34.5 Å². The second kappa shape index (κ2) is 7.02. The highest BCUT2D eigenvalue weighted by atomic mass is 27.0. The lowest BCUT2D eigenvalue weighted by atomic mass is 10.0. The van der Waals surface area contributed by atoms with Gasteiger partial charge in [0.25, 0.3) is 0 Å². The van der Waals surface area contributed by atoms with Crippen molar-refractivity contribution in [3.05, 3.63) is 53.8 Å². The zero-order valence-corrected chi connectivity index (χ0v) is 12.3. The van der Waals surface area contributed by atoms with E-state index in [9.17, 15) is 14.0 Å². The number of esters is 1. The molecule has 2 aromatic carbocycles. The van der Waals surface area contributed by atoms with Crippen LogP contribution in [0.3, 0.4) is 0 Å². The number of carboxylic acid groups (broad SMARTS) is 1. The quantitative estimate of drug-likeness (QED) is 0.538. The summed E-state index contributed by atoms with van der Waals surface area (Å²) < 4.78 is 17.7. The van der Waals surface area contributed by atoms with Crippen LogP contribution in [0.4, 0.5) is 4.39 Å². The third kappa shape index (κ3) is 4.15. The Morgan fingerprint density at radius 1 is 1.05 bits per heavy atom. The van der Waals surface area contributed by atoms with Crippen molar-refractivity contribution >= 4 is 29.3 Å². The maximum Gasteiger partial charge on any atom is 0.339 e. The fourth-order valence-electron chi connectivity index (χ4n) is 1.76. The largest absolute Gasteiger partial charge is 0.478 e. The second-order valence-electron chi connectivity index (χ2n) is 4.12. The van der Waals surface area contributed by atoms with Gasteiger partial charge in [0.05, 0.1) is 0 Å². The highest BCUT2D eigenvalue weighted by Crippen LogP contribution is 2.27. The normalized spacial score (nSPS) is 9.62. The van der Waals surface area contributed by atoms with E-state index in [0.29, 0.717) is 11.1 Å². The molecule has 4 nitrogen and oxygen atoms in total. The smallest absolute Gasteiger partial charge is 0.339 e. The average Bonchev–Trinajstić information content (AvgIpc) is 2.39. The first-order chi connectivity index (χ1) is 9.47. The minimum Gasteiger partial charge on any atom is -0.478 e. The zero-order valence-electron chi connectivity index (χ0n) is 11.2. The summed E-state index contributed by atoms with van der Waals surface area (Å²) in [6, 6.07) is 10.1. The predicted molar refractivity (Wildman–Crippen MR) is 75.9 cm³/mol. The van der Waals surface area contributed by atoms with Gasteiger partial charge in [0.15, 0.2) is 0 Å². The summed E-state index contributed by atoms with van der Waals surface area (Å²) in [7, 11) is 0. The Labute approximate surface area is 131 Å². The summed E-state index contributed by atoms with van der Waals surface area (Å²) in [6.45, 7) is 1.19. The highest BCUT2D eigenvalue weighted by Gasteiger charge is 2.14. The fourth-order valence-corrected chi connectivity index (χ4v) is 1.76. The van der Waals surface area contributed by atoms with Gasteiger partial charge >= 0.3 is 11.9 Å². The Balaban J connectivity index is 0.00000220. The number of carboxylic acids is 1. The van der Waals surface area contributed by atoms with Gasteiger partial charge in [-0.25, -0.2) is 9.18 Å². The summed E-state index contributed by atoms with van der Waals surface area (Å²) in [5.74, 6) is -2.19. The minimum absolute atomic E-state index is 0. The number of halogens is 1. The molecular formula is C15H11AlFO4. The van der Waals surface area contributed by atoms with E-state index in [2.05, 4.69) is 0 Å². The van der Waals surface area contributed by atoms with Gasteiger partial charge in [-0.1, -0.05) is 18.2 Å². The molecule has 0 aliphatic carbocycles. The van der Waals surface area contributed by atoms with Crippen LogP contribution in [0, 0.1) is 5.82 Å². The molecule has 3 radical (unpaired) electrons. The number of carbonyl (C=O) groups excluding carboxylic acids is 1. The Kier molecular flexibility index (Phi) is 5.65. The minimum atomic E-state index is -1.20. The van der Waals surface area contributed by atoms with E-state index in [1.165, 1.54) is 31.2 Å². The van der Waals surface area contributed by atoms with Crippen LogP contribution in [-0.2, 0) is 4.79 Å². The number of hydrogen-bond donors (Lipinski definition) is 1. The van der Waals surface area contributed by atoms with Crippen LogP contribution in [0.25, 0.3) is 11.1 Å². The van der Waals surface area contributed by atoms with E-state index in [0.717, 1.165) is 0 Å². The first-order valence-electron chi connectivity index (χ1n) is 5.79. The molecule has 0 atom stereocenters. The molecule has 0 amide bonds. The van der Waals surface area contributed by atoms with Gasteiger partial charge < -0.3 is 9.84 Å². The van der Waals surface area contributed by atoms with Crippen LogP contribution in [-0.4, -0.2) is 34.4 Å². The number of benzene rings is 2. The molecule has 1 N–H and O–H groups in total. The van der Waals surface area contributed by atoms with Crippen LogP contribution >= 0.6 is 0 Å².